The number of hydrogen-bond acceptors (Lipinski definition) is 2. The number of hydroxylamine groups is 2. The van der Waals surface area contributed by atoms with E-state index in [4.69, 9.17) is 4.84 Å². The van der Waals surface area contributed by atoms with Crippen LogP contribution >= 0.6 is 0 Å². The first-order valence-corrected chi connectivity index (χ1v) is 5.03. The van der Waals surface area contributed by atoms with E-state index in [-0.39, 0.29) is 11.3 Å². The van der Waals surface area contributed by atoms with Crippen molar-refractivity contribution in [2.75, 3.05) is 13.2 Å². The van der Waals surface area contributed by atoms with Crippen molar-refractivity contribution in [2.45, 2.75) is 40.0 Å². The SMILES string of the molecule is CCC(C)(C)C(=O)N1CCCCO1. The maximum Gasteiger partial charge on any atom is 0.251 e. The summed E-state index contributed by atoms with van der Waals surface area (Å²) in [6.45, 7) is 7.40. The van der Waals surface area contributed by atoms with Gasteiger partial charge in [-0.15, -0.1) is 0 Å². The summed E-state index contributed by atoms with van der Waals surface area (Å²) in [6, 6.07) is 0. The van der Waals surface area contributed by atoms with Gasteiger partial charge in [-0.05, 0) is 19.3 Å². The van der Waals surface area contributed by atoms with E-state index in [1.807, 2.05) is 20.8 Å². The number of rotatable bonds is 2. The number of hydrogen-bond donors (Lipinski definition) is 0. The first-order valence-electron chi connectivity index (χ1n) is 5.03. The molecule has 1 fully saturated rings. The Labute approximate surface area is 80.0 Å². The molecule has 0 radical (unpaired) electrons. The van der Waals surface area contributed by atoms with E-state index >= 15 is 0 Å². The molecule has 1 amide bonds. The summed E-state index contributed by atoms with van der Waals surface area (Å²) in [5, 5.41) is 1.53. The molecule has 0 aromatic heterocycles. The molecule has 3 heteroatoms. The summed E-state index contributed by atoms with van der Waals surface area (Å²) < 4.78 is 0. The fourth-order valence-corrected chi connectivity index (χ4v) is 1.25. The van der Waals surface area contributed by atoms with Gasteiger partial charge in [0.15, 0.2) is 0 Å². The second-order valence-electron chi connectivity index (χ2n) is 4.19. The normalized spacial score (nSPS) is 18.8. The lowest BCUT2D eigenvalue weighted by Crippen LogP contribution is -2.43. The van der Waals surface area contributed by atoms with E-state index in [1.165, 1.54) is 5.06 Å². The van der Waals surface area contributed by atoms with Gasteiger partial charge in [0.1, 0.15) is 0 Å². The van der Waals surface area contributed by atoms with Crippen LogP contribution in [0.4, 0.5) is 0 Å². The van der Waals surface area contributed by atoms with Gasteiger partial charge in [-0.3, -0.25) is 9.63 Å². The van der Waals surface area contributed by atoms with Gasteiger partial charge < -0.3 is 0 Å². The number of carbonyl (C=O) groups excluding carboxylic acids is 1. The molecule has 0 unspecified atom stereocenters. The fourth-order valence-electron chi connectivity index (χ4n) is 1.25. The van der Waals surface area contributed by atoms with Crippen molar-refractivity contribution in [3.63, 3.8) is 0 Å². The third kappa shape index (κ3) is 2.44. The van der Waals surface area contributed by atoms with Gasteiger partial charge >= 0.3 is 0 Å². The Morgan fingerprint density at radius 3 is 2.62 bits per heavy atom. The van der Waals surface area contributed by atoms with Gasteiger partial charge in [-0.2, -0.15) is 0 Å². The molecular formula is C10H19NO2. The molecule has 0 bridgehead atoms. The highest BCUT2D eigenvalue weighted by Crippen LogP contribution is 2.24. The molecule has 1 aliphatic heterocycles. The molecule has 0 saturated carbocycles. The molecule has 1 saturated heterocycles. The monoisotopic (exact) mass is 185 g/mol. The van der Waals surface area contributed by atoms with Crippen LogP contribution in [0, 0.1) is 5.41 Å². The van der Waals surface area contributed by atoms with Gasteiger partial charge in [0.25, 0.3) is 5.91 Å². The smallest absolute Gasteiger partial charge is 0.251 e. The Bertz CT molecular complexity index is 183. The Hall–Kier alpha value is -0.570. The highest BCUT2D eigenvalue weighted by atomic mass is 16.7. The lowest BCUT2D eigenvalue weighted by molar-refractivity contribution is -0.205. The second kappa shape index (κ2) is 4.09. The maximum atomic E-state index is 11.9. The van der Waals surface area contributed by atoms with Gasteiger partial charge in [0.05, 0.1) is 6.61 Å². The van der Waals surface area contributed by atoms with Crippen molar-refractivity contribution in [1.82, 2.24) is 5.06 Å². The van der Waals surface area contributed by atoms with Gasteiger partial charge in [0.2, 0.25) is 0 Å². The molecule has 0 aromatic carbocycles. The van der Waals surface area contributed by atoms with E-state index in [1.54, 1.807) is 0 Å². The molecule has 1 aliphatic rings. The molecule has 76 valence electrons. The lowest BCUT2D eigenvalue weighted by atomic mass is 9.89. The van der Waals surface area contributed by atoms with Crippen molar-refractivity contribution >= 4 is 5.91 Å². The van der Waals surface area contributed by atoms with E-state index in [0.717, 1.165) is 25.8 Å². The maximum absolute atomic E-state index is 11.9. The Kier molecular flexibility index (Phi) is 3.31. The van der Waals surface area contributed by atoms with Crippen LogP contribution < -0.4 is 0 Å². The topological polar surface area (TPSA) is 29.5 Å². The predicted molar refractivity (Wildman–Crippen MR) is 51.0 cm³/mol. The summed E-state index contributed by atoms with van der Waals surface area (Å²) in [7, 11) is 0. The van der Waals surface area contributed by atoms with Crippen LogP contribution in [-0.4, -0.2) is 24.1 Å². The number of amides is 1. The fraction of sp³-hybridized carbons (Fsp3) is 0.900. The van der Waals surface area contributed by atoms with Gasteiger partial charge in [-0.1, -0.05) is 20.8 Å². The van der Waals surface area contributed by atoms with E-state index in [0.29, 0.717) is 6.61 Å². The standard InChI is InChI=1S/C10H19NO2/c1-4-10(2,3)9(12)11-7-5-6-8-13-11/h4-8H2,1-3H3. The summed E-state index contributed by atoms with van der Waals surface area (Å²) in [6.07, 6.45) is 2.98. The molecule has 0 atom stereocenters. The molecule has 0 aliphatic carbocycles. The quantitative estimate of drug-likeness (QED) is 0.658. The zero-order chi connectivity index (χ0) is 9.90. The number of carbonyl (C=O) groups is 1. The first-order chi connectivity index (χ1) is 6.08. The largest absolute Gasteiger partial charge is 0.272 e. The summed E-state index contributed by atoms with van der Waals surface area (Å²) >= 11 is 0. The third-order valence-corrected chi connectivity index (χ3v) is 2.69. The minimum Gasteiger partial charge on any atom is -0.272 e. The van der Waals surface area contributed by atoms with Crippen LogP contribution in [0.5, 0.6) is 0 Å². The van der Waals surface area contributed by atoms with Gasteiger partial charge in [0, 0.05) is 12.0 Å². The van der Waals surface area contributed by atoms with Crippen molar-refractivity contribution in [3.05, 3.63) is 0 Å². The first kappa shape index (κ1) is 10.5. The highest BCUT2D eigenvalue weighted by molar-refractivity contribution is 5.80. The van der Waals surface area contributed by atoms with Crippen LogP contribution in [0.25, 0.3) is 0 Å². The average molecular weight is 185 g/mol. The van der Waals surface area contributed by atoms with E-state index in [9.17, 15) is 4.79 Å². The van der Waals surface area contributed by atoms with Gasteiger partial charge in [-0.25, -0.2) is 5.06 Å². The van der Waals surface area contributed by atoms with Crippen LogP contribution in [0.15, 0.2) is 0 Å². The molecule has 3 nitrogen and oxygen atoms in total. The molecule has 1 rings (SSSR count). The van der Waals surface area contributed by atoms with E-state index in [2.05, 4.69) is 0 Å². The molecule has 0 spiro atoms. The van der Waals surface area contributed by atoms with Crippen molar-refractivity contribution < 1.29 is 9.63 Å². The van der Waals surface area contributed by atoms with Crippen LogP contribution in [0.2, 0.25) is 0 Å². The predicted octanol–water partition coefficient (Wildman–Crippen LogP) is 1.98. The summed E-state index contributed by atoms with van der Waals surface area (Å²) in [5.74, 6) is 0.120. The minimum absolute atomic E-state index is 0.120. The molecule has 1 heterocycles. The second-order valence-corrected chi connectivity index (χ2v) is 4.19. The highest BCUT2D eigenvalue weighted by Gasteiger charge is 2.31. The molecular weight excluding hydrogens is 166 g/mol. The summed E-state index contributed by atoms with van der Waals surface area (Å²) in [4.78, 5) is 17.2. The van der Waals surface area contributed by atoms with Crippen molar-refractivity contribution in [2.24, 2.45) is 5.41 Å². The van der Waals surface area contributed by atoms with Crippen molar-refractivity contribution in [1.29, 1.82) is 0 Å². The zero-order valence-electron chi connectivity index (χ0n) is 8.80. The van der Waals surface area contributed by atoms with Crippen LogP contribution in [-0.2, 0) is 9.63 Å². The van der Waals surface area contributed by atoms with Crippen LogP contribution in [0.1, 0.15) is 40.0 Å². The zero-order valence-corrected chi connectivity index (χ0v) is 8.80. The number of nitrogens with zero attached hydrogens (tertiary/aromatic N) is 1. The Morgan fingerprint density at radius 1 is 1.46 bits per heavy atom. The van der Waals surface area contributed by atoms with E-state index < -0.39 is 0 Å². The molecule has 0 aromatic rings. The third-order valence-electron chi connectivity index (χ3n) is 2.69. The van der Waals surface area contributed by atoms with Crippen molar-refractivity contribution in [3.8, 4) is 0 Å². The summed E-state index contributed by atoms with van der Waals surface area (Å²) in [5.41, 5.74) is -0.280. The Balaban J connectivity index is 2.55. The lowest BCUT2D eigenvalue weighted by Gasteiger charge is -2.32. The molecule has 0 N–H and O–H groups in total. The Morgan fingerprint density at radius 2 is 2.15 bits per heavy atom. The molecule has 13 heavy (non-hydrogen) atoms. The van der Waals surface area contributed by atoms with Crippen LogP contribution in [0.3, 0.4) is 0 Å². The minimum atomic E-state index is -0.280. The average Bonchev–Trinajstić information content (AvgIpc) is 2.18.